The third kappa shape index (κ3) is 2.73. The Hall–Kier alpha value is -0.640. The summed E-state index contributed by atoms with van der Waals surface area (Å²) in [4.78, 5) is 11.7. The summed E-state index contributed by atoms with van der Waals surface area (Å²) in [5.41, 5.74) is 1.13. The van der Waals surface area contributed by atoms with Gasteiger partial charge >= 0.3 is 0 Å². The van der Waals surface area contributed by atoms with Gasteiger partial charge in [0.25, 0.3) is 0 Å². The van der Waals surface area contributed by atoms with Crippen molar-refractivity contribution in [2.75, 3.05) is 18.0 Å². The van der Waals surface area contributed by atoms with Crippen LogP contribution in [0, 0.1) is 0 Å². The number of alkyl halides is 1. The van der Waals surface area contributed by atoms with Crippen LogP contribution in [0.4, 0.5) is 5.82 Å². The molecule has 0 N–H and O–H groups in total. The second-order valence-electron chi connectivity index (χ2n) is 4.62. The van der Waals surface area contributed by atoms with Crippen molar-refractivity contribution in [3.05, 3.63) is 18.1 Å². The average Bonchev–Trinajstić information content (AvgIpc) is 2.30. The van der Waals surface area contributed by atoms with E-state index in [0.717, 1.165) is 24.6 Å². The summed E-state index contributed by atoms with van der Waals surface area (Å²) >= 11 is 3.67. The van der Waals surface area contributed by atoms with Crippen molar-refractivity contribution < 1.29 is 0 Å². The normalized spacial score (nSPS) is 18.1. The van der Waals surface area contributed by atoms with Crippen LogP contribution in [0.5, 0.6) is 0 Å². The molecule has 3 nitrogen and oxygen atoms in total. The maximum absolute atomic E-state index is 4.37. The van der Waals surface area contributed by atoms with E-state index in [1.54, 1.807) is 6.33 Å². The minimum atomic E-state index is 0.468. The Bertz CT molecular complexity index is 346. The molecule has 0 unspecified atom stereocenters. The molecule has 1 aliphatic heterocycles. The summed E-state index contributed by atoms with van der Waals surface area (Å²) < 4.78 is 0. The lowest BCUT2D eigenvalue weighted by atomic mass is 10.1. The first-order valence-electron chi connectivity index (χ1n) is 5.88. The Balaban J connectivity index is 2.11. The lowest BCUT2D eigenvalue weighted by Crippen LogP contribution is -2.34. The average molecular weight is 284 g/mol. The number of halogens is 1. The Morgan fingerprint density at radius 2 is 2.00 bits per heavy atom. The highest BCUT2D eigenvalue weighted by Gasteiger charge is 2.18. The fourth-order valence-corrected chi connectivity index (χ4v) is 2.34. The van der Waals surface area contributed by atoms with E-state index in [1.165, 1.54) is 12.8 Å². The van der Waals surface area contributed by atoms with E-state index >= 15 is 0 Å². The first-order valence-corrected chi connectivity index (χ1v) is 6.79. The summed E-state index contributed by atoms with van der Waals surface area (Å²) in [6.45, 7) is 6.50. The zero-order chi connectivity index (χ0) is 11.5. The van der Waals surface area contributed by atoms with Gasteiger partial charge in [-0.05, 0) is 18.8 Å². The third-order valence-corrected chi connectivity index (χ3v) is 3.93. The second kappa shape index (κ2) is 5.13. The molecule has 1 aromatic rings. The number of rotatable bonds is 2. The molecule has 0 saturated carbocycles. The summed E-state index contributed by atoms with van der Waals surface area (Å²) in [6, 6.07) is 2.12. The third-order valence-electron chi connectivity index (χ3n) is 3.01. The summed E-state index contributed by atoms with van der Waals surface area (Å²) in [6.07, 6.45) is 4.08. The zero-order valence-corrected chi connectivity index (χ0v) is 11.4. The van der Waals surface area contributed by atoms with Crippen LogP contribution in [0.1, 0.15) is 38.3 Å². The molecule has 88 valence electrons. The van der Waals surface area contributed by atoms with Crippen molar-refractivity contribution in [3.8, 4) is 0 Å². The SMILES string of the molecule is CC(C)c1cc(N2CCC(Br)CC2)ncn1. The largest absolute Gasteiger partial charge is 0.356 e. The van der Waals surface area contributed by atoms with E-state index in [-0.39, 0.29) is 0 Å². The van der Waals surface area contributed by atoms with E-state index in [2.05, 4.69) is 50.7 Å². The van der Waals surface area contributed by atoms with Gasteiger partial charge in [0.05, 0.1) is 0 Å². The number of anilines is 1. The highest BCUT2D eigenvalue weighted by atomic mass is 79.9. The smallest absolute Gasteiger partial charge is 0.132 e. The van der Waals surface area contributed by atoms with Gasteiger partial charge in [0, 0.05) is 29.7 Å². The molecule has 1 fully saturated rings. The van der Waals surface area contributed by atoms with E-state index in [9.17, 15) is 0 Å². The molecule has 1 aromatic heterocycles. The molecule has 0 aliphatic carbocycles. The van der Waals surface area contributed by atoms with Crippen LogP contribution in [-0.2, 0) is 0 Å². The number of hydrogen-bond acceptors (Lipinski definition) is 3. The van der Waals surface area contributed by atoms with E-state index in [0.29, 0.717) is 10.7 Å². The predicted molar refractivity (Wildman–Crippen MR) is 70.3 cm³/mol. The minimum absolute atomic E-state index is 0.468. The molecule has 0 bridgehead atoms. The Labute approximate surface area is 105 Å². The molecule has 1 saturated heterocycles. The molecule has 2 rings (SSSR count). The molecule has 0 spiro atoms. The quantitative estimate of drug-likeness (QED) is 0.782. The molecule has 0 amide bonds. The molecular formula is C12H18BrN3. The van der Waals surface area contributed by atoms with Gasteiger partial charge in [0.1, 0.15) is 12.1 Å². The molecule has 0 atom stereocenters. The maximum atomic E-state index is 4.37. The van der Waals surface area contributed by atoms with Gasteiger partial charge in [-0.1, -0.05) is 29.8 Å². The van der Waals surface area contributed by atoms with Gasteiger partial charge < -0.3 is 4.90 Å². The van der Waals surface area contributed by atoms with Crippen LogP contribution in [-0.4, -0.2) is 27.9 Å². The van der Waals surface area contributed by atoms with Gasteiger partial charge in [0.2, 0.25) is 0 Å². The fraction of sp³-hybridized carbons (Fsp3) is 0.667. The Morgan fingerprint density at radius 3 is 2.62 bits per heavy atom. The molecule has 0 aromatic carbocycles. The fourth-order valence-electron chi connectivity index (χ4n) is 1.93. The molecule has 16 heavy (non-hydrogen) atoms. The number of nitrogens with zero attached hydrogens (tertiary/aromatic N) is 3. The van der Waals surface area contributed by atoms with Gasteiger partial charge in [-0.3, -0.25) is 0 Å². The van der Waals surface area contributed by atoms with Gasteiger partial charge in [0.15, 0.2) is 0 Å². The first-order chi connectivity index (χ1) is 7.66. The number of aromatic nitrogens is 2. The first kappa shape index (κ1) is 11.8. The van der Waals surface area contributed by atoms with Crippen molar-refractivity contribution in [1.82, 2.24) is 9.97 Å². The van der Waals surface area contributed by atoms with Crippen LogP contribution in [0.15, 0.2) is 12.4 Å². The van der Waals surface area contributed by atoms with Crippen LogP contribution in [0.2, 0.25) is 0 Å². The summed E-state index contributed by atoms with van der Waals surface area (Å²) in [5.74, 6) is 1.55. The molecule has 1 aliphatic rings. The Morgan fingerprint density at radius 1 is 1.31 bits per heavy atom. The van der Waals surface area contributed by atoms with Crippen molar-refractivity contribution in [2.45, 2.75) is 37.4 Å². The summed E-state index contributed by atoms with van der Waals surface area (Å²) in [5, 5.41) is 0. The van der Waals surface area contributed by atoms with Gasteiger partial charge in [-0.2, -0.15) is 0 Å². The monoisotopic (exact) mass is 283 g/mol. The number of piperidine rings is 1. The molecular weight excluding hydrogens is 266 g/mol. The minimum Gasteiger partial charge on any atom is -0.356 e. The lowest BCUT2D eigenvalue weighted by Gasteiger charge is -2.30. The van der Waals surface area contributed by atoms with Crippen LogP contribution >= 0.6 is 15.9 Å². The summed E-state index contributed by atoms with van der Waals surface area (Å²) in [7, 11) is 0. The standard InChI is InChI=1S/C12H18BrN3/c1-9(2)11-7-12(15-8-14-11)16-5-3-10(13)4-6-16/h7-10H,3-6H2,1-2H3. The second-order valence-corrected chi connectivity index (χ2v) is 5.91. The van der Waals surface area contributed by atoms with E-state index < -0.39 is 0 Å². The Kier molecular flexibility index (Phi) is 3.79. The van der Waals surface area contributed by atoms with Crippen molar-refractivity contribution >= 4 is 21.7 Å². The van der Waals surface area contributed by atoms with Crippen molar-refractivity contribution in [2.24, 2.45) is 0 Å². The zero-order valence-electron chi connectivity index (χ0n) is 9.86. The number of hydrogen-bond donors (Lipinski definition) is 0. The van der Waals surface area contributed by atoms with Gasteiger partial charge in [-0.25, -0.2) is 9.97 Å². The van der Waals surface area contributed by atoms with Crippen LogP contribution < -0.4 is 4.90 Å². The highest BCUT2D eigenvalue weighted by molar-refractivity contribution is 9.09. The predicted octanol–water partition coefficient (Wildman–Crippen LogP) is 2.96. The topological polar surface area (TPSA) is 29.0 Å². The van der Waals surface area contributed by atoms with E-state index in [1.807, 2.05) is 0 Å². The van der Waals surface area contributed by atoms with Gasteiger partial charge in [-0.15, -0.1) is 0 Å². The van der Waals surface area contributed by atoms with Crippen LogP contribution in [0.25, 0.3) is 0 Å². The molecule has 0 radical (unpaired) electrons. The van der Waals surface area contributed by atoms with Crippen LogP contribution in [0.3, 0.4) is 0 Å². The lowest BCUT2D eigenvalue weighted by molar-refractivity contribution is 0.591. The molecule has 2 heterocycles. The highest BCUT2D eigenvalue weighted by Crippen LogP contribution is 2.23. The molecule has 4 heteroatoms. The van der Waals surface area contributed by atoms with E-state index in [4.69, 9.17) is 0 Å². The maximum Gasteiger partial charge on any atom is 0.132 e. The van der Waals surface area contributed by atoms with Crippen molar-refractivity contribution in [3.63, 3.8) is 0 Å². The van der Waals surface area contributed by atoms with Crippen molar-refractivity contribution in [1.29, 1.82) is 0 Å².